The second-order valence-corrected chi connectivity index (χ2v) is 5.43. The minimum Gasteiger partial charge on any atom is -0.370 e. The van der Waals surface area contributed by atoms with Crippen molar-refractivity contribution in [3.8, 4) is 0 Å². The monoisotopic (exact) mass is 433 g/mol. The Morgan fingerprint density at radius 3 is 2.48 bits per heavy atom. The summed E-state index contributed by atoms with van der Waals surface area (Å²) in [7, 11) is 0. The number of nitrogens with zero attached hydrogens (tertiary/aromatic N) is 1. The molecule has 0 spiro atoms. The van der Waals surface area contributed by atoms with Crippen LogP contribution in [0.3, 0.4) is 0 Å². The molecule has 5 N–H and O–H groups in total. The van der Waals surface area contributed by atoms with Gasteiger partial charge in [-0.15, -0.1) is 24.0 Å². The maximum Gasteiger partial charge on any atom is 0.319 e. The van der Waals surface area contributed by atoms with E-state index in [2.05, 4.69) is 27.9 Å². The number of amides is 2. The van der Waals surface area contributed by atoms with Gasteiger partial charge in [0.05, 0.1) is 6.54 Å². The summed E-state index contributed by atoms with van der Waals surface area (Å²) in [6.07, 6.45) is 2.20. The van der Waals surface area contributed by atoms with E-state index in [1.54, 1.807) is 0 Å². The van der Waals surface area contributed by atoms with E-state index >= 15 is 0 Å². The second-order valence-electron chi connectivity index (χ2n) is 5.43. The molecule has 0 aliphatic carbocycles. The van der Waals surface area contributed by atoms with Gasteiger partial charge in [-0.05, 0) is 38.0 Å². The van der Waals surface area contributed by atoms with Crippen molar-refractivity contribution in [2.75, 3.05) is 11.9 Å². The van der Waals surface area contributed by atoms with Gasteiger partial charge >= 0.3 is 6.03 Å². The maximum absolute atomic E-state index is 11.6. The van der Waals surface area contributed by atoms with Gasteiger partial charge in [-0.1, -0.05) is 25.5 Å². The molecule has 130 valence electrons. The molecule has 0 atom stereocenters. The maximum atomic E-state index is 11.6. The highest BCUT2D eigenvalue weighted by atomic mass is 127. The largest absolute Gasteiger partial charge is 0.370 e. The molecule has 23 heavy (non-hydrogen) atoms. The third-order valence-corrected chi connectivity index (χ3v) is 2.90. The summed E-state index contributed by atoms with van der Waals surface area (Å²) in [6.45, 7) is 7.33. The number of hydrogen-bond donors (Lipinski definition) is 4. The molecule has 1 aromatic carbocycles. The summed E-state index contributed by atoms with van der Waals surface area (Å²) < 4.78 is 0. The van der Waals surface area contributed by atoms with Crippen molar-refractivity contribution in [1.29, 1.82) is 0 Å². The number of aliphatic imine (C=N–C) groups is 1. The fourth-order valence-corrected chi connectivity index (χ4v) is 1.75. The normalized spacial score (nSPS) is 10.9. The zero-order valence-electron chi connectivity index (χ0n) is 14.1. The van der Waals surface area contributed by atoms with Crippen molar-refractivity contribution in [1.82, 2.24) is 10.6 Å². The second kappa shape index (κ2) is 12.0. The Morgan fingerprint density at radius 1 is 1.26 bits per heavy atom. The van der Waals surface area contributed by atoms with Gasteiger partial charge in [0.2, 0.25) is 0 Å². The van der Waals surface area contributed by atoms with E-state index in [9.17, 15) is 4.79 Å². The van der Waals surface area contributed by atoms with Crippen molar-refractivity contribution in [3.05, 3.63) is 29.8 Å². The van der Waals surface area contributed by atoms with Crippen LogP contribution in [-0.2, 0) is 6.54 Å². The smallest absolute Gasteiger partial charge is 0.319 e. The summed E-state index contributed by atoms with van der Waals surface area (Å²) in [5.41, 5.74) is 7.57. The molecule has 1 rings (SSSR count). The lowest BCUT2D eigenvalue weighted by molar-refractivity contribution is 0.250. The third-order valence-electron chi connectivity index (χ3n) is 2.90. The van der Waals surface area contributed by atoms with E-state index in [0.29, 0.717) is 12.5 Å². The van der Waals surface area contributed by atoms with E-state index in [0.717, 1.165) is 30.6 Å². The molecule has 0 radical (unpaired) electrons. The highest BCUT2D eigenvalue weighted by molar-refractivity contribution is 14.0. The number of nitrogens with one attached hydrogen (secondary N) is 3. The molecule has 6 nitrogen and oxygen atoms in total. The minimum absolute atomic E-state index is 0. The lowest BCUT2D eigenvalue weighted by Gasteiger charge is -2.10. The van der Waals surface area contributed by atoms with Crippen LogP contribution < -0.4 is 21.7 Å². The van der Waals surface area contributed by atoms with Crippen molar-refractivity contribution in [2.24, 2.45) is 10.7 Å². The van der Waals surface area contributed by atoms with Gasteiger partial charge in [-0.2, -0.15) is 0 Å². The number of nitrogens with two attached hydrogens (primary N) is 1. The fraction of sp³-hybridized carbons (Fsp3) is 0.500. The molecule has 2 amide bonds. The Morgan fingerprint density at radius 2 is 1.91 bits per heavy atom. The van der Waals surface area contributed by atoms with E-state index in [1.807, 2.05) is 38.1 Å². The highest BCUT2D eigenvalue weighted by Gasteiger charge is 2.03. The van der Waals surface area contributed by atoms with Crippen molar-refractivity contribution >= 4 is 41.7 Å². The molecule has 0 aromatic heterocycles. The molecular weight excluding hydrogens is 405 g/mol. The molecule has 0 aliphatic rings. The number of unbranched alkanes of at least 4 members (excludes halogenated alkanes) is 1. The molecule has 0 bridgehead atoms. The lowest BCUT2D eigenvalue weighted by atomic mass is 10.2. The number of benzene rings is 1. The predicted molar refractivity (Wildman–Crippen MR) is 107 cm³/mol. The molecule has 0 aliphatic heterocycles. The highest BCUT2D eigenvalue weighted by Crippen LogP contribution is 2.10. The third kappa shape index (κ3) is 9.98. The molecule has 7 heteroatoms. The standard InChI is InChI=1S/C16H27N5O.HI/c1-4-5-10-18-15(17)19-11-13-6-8-14(9-7-13)21-16(22)20-12(2)3;/h6-9,12H,4-5,10-11H2,1-3H3,(H3,17,18,19)(H2,20,21,22);1H. The summed E-state index contributed by atoms with van der Waals surface area (Å²) in [5.74, 6) is 0.465. The predicted octanol–water partition coefficient (Wildman–Crippen LogP) is 3.04. The SMILES string of the molecule is CCCCNC(N)=NCc1ccc(NC(=O)NC(C)C)cc1.I. The molecule has 0 heterocycles. The zero-order chi connectivity index (χ0) is 16.4. The topological polar surface area (TPSA) is 91.5 Å². The first-order valence-corrected chi connectivity index (χ1v) is 7.71. The Bertz CT molecular complexity index is 488. The van der Waals surface area contributed by atoms with Gasteiger partial charge in [0.15, 0.2) is 5.96 Å². The molecule has 0 fully saturated rings. The summed E-state index contributed by atoms with van der Waals surface area (Å²) in [4.78, 5) is 15.9. The van der Waals surface area contributed by atoms with Gasteiger partial charge in [0.1, 0.15) is 0 Å². The Kier molecular flexibility index (Phi) is 11.2. The summed E-state index contributed by atoms with van der Waals surface area (Å²) >= 11 is 0. The lowest BCUT2D eigenvalue weighted by Crippen LogP contribution is -2.34. The number of guanidine groups is 1. The van der Waals surface area contributed by atoms with Crippen molar-refractivity contribution in [3.63, 3.8) is 0 Å². The minimum atomic E-state index is -0.204. The number of rotatable bonds is 7. The van der Waals surface area contributed by atoms with Gasteiger partial charge < -0.3 is 21.7 Å². The molecule has 1 aromatic rings. The quantitative estimate of drug-likeness (QED) is 0.231. The van der Waals surface area contributed by atoms with Crippen LogP contribution in [0.1, 0.15) is 39.2 Å². The van der Waals surface area contributed by atoms with Crippen molar-refractivity contribution < 1.29 is 4.79 Å². The van der Waals surface area contributed by atoms with Crippen LogP contribution in [0.5, 0.6) is 0 Å². The van der Waals surface area contributed by atoms with Gasteiger partial charge in [-0.3, -0.25) is 0 Å². The van der Waals surface area contributed by atoms with E-state index in [1.165, 1.54) is 0 Å². The van der Waals surface area contributed by atoms with Crippen LogP contribution in [0.2, 0.25) is 0 Å². The first kappa shape index (κ1) is 21.5. The average molecular weight is 433 g/mol. The van der Waals surface area contributed by atoms with Crippen LogP contribution >= 0.6 is 24.0 Å². The van der Waals surface area contributed by atoms with Crippen LogP contribution in [-0.4, -0.2) is 24.6 Å². The zero-order valence-corrected chi connectivity index (χ0v) is 16.4. The van der Waals surface area contributed by atoms with E-state index in [-0.39, 0.29) is 36.0 Å². The Labute approximate surface area is 155 Å². The molecule has 0 saturated carbocycles. The number of hydrogen-bond acceptors (Lipinski definition) is 2. The number of halogens is 1. The van der Waals surface area contributed by atoms with Crippen molar-refractivity contribution in [2.45, 2.75) is 46.2 Å². The van der Waals surface area contributed by atoms with Crippen LogP contribution in [0.15, 0.2) is 29.3 Å². The number of carbonyl (C=O) groups excluding carboxylic acids is 1. The Hall–Kier alpha value is -1.51. The number of urea groups is 1. The van der Waals surface area contributed by atoms with Gasteiger partial charge in [-0.25, -0.2) is 9.79 Å². The molecule has 0 unspecified atom stereocenters. The van der Waals surface area contributed by atoms with Crippen LogP contribution in [0.4, 0.5) is 10.5 Å². The van der Waals surface area contributed by atoms with Gasteiger partial charge in [0.25, 0.3) is 0 Å². The van der Waals surface area contributed by atoms with E-state index < -0.39 is 0 Å². The first-order chi connectivity index (χ1) is 10.5. The average Bonchev–Trinajstić information content (AvgIpc) is 2.46. The molecule has 0 saturated heterocycles. The summed E-state index contributed by atoms with van der Waals surface area (Å²) in [6, 6.07) is 7.46. The Balaban J connectivity index is 0.00000484. The van der Waals surface area contributed by atoms with Crippen LogP contribution in [0.25, 0.3) is 0 Å². The van der Waals surface area contributed by atoms with E-state index in [4.69, 9.17) is 5.73 Å². The molecular formula is C16H28IN5O. The van der Waals surface area contributed by atoms with Crippen LogP contribution in [0, 0.1) is 0 Å². The first-order valence-electron chi connectivity index (χ1n) is 7.71. The fourth-order valence-electron chi connectivity index (χ4n) is 1.75. The number of anilines is 1. The number of carbonyl (C=O) groups is 1. The summed E-state index contributed by atoms with van der Waals surface area (Å²) in [5, 5.41) is 8.62. The van der Waals surface area contributed by atoms with Gasteiger partial charge in [0, 0.05) is 18.3 Å².